The van der Waals surface area contributed by atoms with Crippen molar-refractivity contribution < 1.29 is 4.74 Å². The van der Waals surface area contributed by atoms with E-state index in [1.165, 1.54) is 64.7 Å². The van der Waals surface area contributed by atoms with Gasteiger partial charge < -0.3 is 4.74 Å². The summed E-state index contributed by atoms with van der Waals surface area (Å²) in [6.07, 6.45) is 8.89. The maximum atomic E-state index is 5.74. The number of unbranched alkanes of at least 4 members (excludes halogenated alkanes) is 1. The van der Waals surface area contributed by atoms with Gasteiger partial charge in [-0.15, -0.1) is 0 Å². The van der Waals surface area contributed by atoms with E-state index in [0.717, 1.165) is 5.92 Å². The lowest BCUT2D eigenvalue weighted by atomic mass is 9.89. The first-order chi connectivity index (χ1) is 12.2. The molecule has 0 N–H and O–H groups in total. The van der Waals surface area contributed by atoms with Crippen molar-refractivity contribution in [3.05, 3.63) is 0 Å². The Morgan fingerprint density at radius 3 is 2.08 bits per heavy atom. The molecule has 2 rings (SSSR count). The average Bonchev–Trinajstić information content (AvgIpc) is 2.55. The monoisotopic (exact) mass is 368 g/mol. The molecule has 0 aromatic rings. The fourth-order valence-electron chi connectivity index (χ4n) is 4.18. The van der Waals surface area contributed by atoms with Crippen molar-refractivity contribution in [2.75, 3.05) is 26.2 Å². The molecule has 1 heterocycles. The van der Waals surface area contributed by atoms with Crippen LogP contribution in [0.15, 0.2) is 0 Å². The summed E-state index contributed by atoms with van der Waals surface area (Å²) in [7, 11) is 0. The third-order valence-corrected chi connectivity index (χ3v) is 6.04. The van der Waals surface area contributed by atoms with Gasteiger partial charge in [-0.25, -0.2) is 0 Å². The molecule has 0 unspecified atom stereocenters. The molecule has 3 nitrogen and oxygen atoms in total. The van der Waals surface area contributed by atoms with Gasteiger partial charge in [0.05, 0.1) is 12.2 Å². The van der Waals surface area contributed by atoms with Crippen LogP contribution in [0.2, 0.25) is 0 Å². The number of ether oxygens (including phenoxy) is 1. The molecule has 0 aromatic carbocycles. The second kappa shape index (κ2) is 11.7. The van der Waals surface area contributed by atoms with Crippen molar-refractivity contribution in [2.24, 2.45) is 5.92 Å². The van der Waals surface area contributed by atoms with Crippen molar-refractivity contribution in [1.82, 2.24) is 9.80 Å². The first-order valence-corrected chi connectivity index (χ1v) is 11.3. The summed E-state index contributed by atoms with van der Waals surface area (Å²) in [6, 6.07) is 0.692. The predicted molar refractivity (Wildman–Crippen MR) is 115 cm³/mol. The summed E-state index contributed by atoms with van der Waals surface area (Å²) in [6.45, 7) is 23.2. The fourth-order valence-corrected chi connectivity index (χ4v) is 4.18. The maximum Gasteiger partial charge on any atom is 0.0578 e. The quantitative estimate of drug-likeness (QED) is 0.608. The Morgan fingerprint density at radius 1 is 1.00 bits per heavy atom. The third kappa shape index (κ3) is 8.71. The Bertz CT molecular complexity index is 359. The predicted octanol–water partition coefficient (Wildman–Crippen LogP) is 5.58. The second-order valence-electron chi connectivity index (χ2n) is 9.78. The standard InChI is InChI=1S/C13H28N2.C10H20O/c1-6-7-8-15-10-9-14(12(2)3)11-13(15,4)5;1-8(2)11-10-6-4-9(3)5-7-10/h12H,6-11H2,1-5H3;8-10H,4-7H2,1-3H3. The molecule has 0 amide bonds. The first kappa shape index (κ1) is 23.9. The largest absolute Gasteiger partial charge is 0.376 e. The molecule has 0 spiro atoms. The molecule has 0 atom stereocenters. The highest BCUT2D eigenvalue weighted by molar-refractivity contribution is 4.90. The van der Waals surface area contributed by atoms with Gasteiger partial charge in [0.2, 0.25) is 0 Å². The molecule has 156 valence electrons. The molecule has 0 bridgehead atoms. The molecule has 0 radical (unpaired) electrons. The summed E-state index contributed by atoms with van der Waals surface area (Å²) >= 11 is 0. The number of piperazine rings is 1. The SMILES string of the molecule is CC1CCC(OC(C)C)CC1.CCCCN1CCN(C(C)C)CC1(C)C. The highest BCUT2D eigenvalue weighted by Crippen LogP contribution is 2.26. The van der Waals surface area contributed by atoms with E-state index in [1.54, 1.807) is 0 Å². The summed E-state index contributed by atoms with van der Waals surface area (Å²) in [4.78, 5) is 5.26. The van der Waals surface area contributed by atoms with Crippen molar-refractivity contribution in [1.29, 1.82) is 0 Å². The van der Waals surface area contributed by atoms with Crippen LogP contribution in [0.25, 0.3) is 0 Å². The smallest absolute Gasteiger partial charge is 0.0578 e. The maximum absolute atomic E-state index is 5.74. The Labute approximate surface area is 164 Å². The van der Waals surface area contributed by atoms with E-state index in [1.807, 2.05) is 0 Å². The van der Waals surface area contributed by atoms with Gasteiger partial charge in [-0.3, -0.25) is 9.80 Å². The summed E-state index contributed by atoms with van der Waals surface area (Å²) in [5.74, 6) is 0.932. The van der Waals surface area contributed by atoms with Gasteiger partial charge in [0.1, 0.15) is 0 Å². The molecule has 1 aliphatic heterocycles. The van der Waals surface area contributed by atoms with Gasteiger partial charge in [-0.05, 0) is 86.1 Å². The molecule has 3 heteroatoms. The second-order valence-corrected chi connectivity index (χ2v) is 9.78. The van der Waals surface area contributed by atoms with Crippen LogP contribution in [0.4, 0.5) is 0 Å². The zero-order valence-corrected chi connectivity index (χ0v) is 19.2. The van der Waals surface area contributed by atoms with Gasteiger partial charge in [0.25, 0.3) is 0 Å². The minimum Gasteiger partial charge on any atom is -0.376 e. The van der Waals surface area contributed by atoms with E-state index >= 15 is 0 Å². The van der Waals surface area contributed by atoms with Crippen LogP contribution in [0.5, 0.6) is 0 Å². The minimum absolute atomic E-state index is 0.359. The number of nitrogens with zero attached hydrogens (tertiary/aromatic N) is 2. The van der Waals surface area contributed by atoms with Crippen LogP contribution in [0.1, 0.15) is 93.9 Å². The molecule has 2 aliphatic rings. The van der Waals surface area contributed by atoms with E-state index in [4.69, 9.17) is 4.74 Å². The highest BCUT2D eigenvalue weighted by atomic mass is 16.5. The molecular weight excluding hydrogens is 320 g/mol. The van der Waals surface area contributed by atoms with Crippen LogP contribution >= 0.6 is 0 Å². The highest BCUT2D eigenvalue weighted by Gasteiger charge is 2.33. The lowest BCUT2D eigenvalue weighted by molar-refractivity contribution is -0.0183. The van der Waals surface area contributed by atoms with Crippen LogP contribution in [-0.2, 0) is 4.74 Å². The van der Waals surface area contributed by atoms with Crippen molar-refractivity contribution in [2.45, 2.75) is 118 Å². The minimum atomic E-state index is 0.359. The number of hydrogen-bond acceptors (Lipinski definition) is 3. The van der Waals surface area contributed by atoms with Crippen LogP contribution in [0.3, 0.4) is 0 Å². The van der Waals surface area contributed by atoms with Crippen LogP contribution in [-0.4, -0.2) is 59.8 Å². The van der Waals surface area contributed by atoms with E-state index in [9.17, 15) is 0 Å². The third-order valence-electron chi connectivity index (χ3n) is 6.04. The number of hydrogen-bond donors (Lipinski definition) is 0. The van der Waals surface area contributed by atoms with Crippen LogP contribution in [0, 0.1) is 5.92 Å². The van der Waals surface area contributed by atoms with E-state index in [0.29, 0.717) is 23.8 Å². The van der Waals surface area contributed by atoms with Gasteiger partial charge in [0, 0.05) is 31.2 Å². The van der Waals surface area contributed by atoms with Gasteiger partial charge in [-0.1, -0.05) is 20.3 Å². The normalized spacial score (nSPS) is 27.5. The van der Waals surface area contributed by atoms with Gasteiger partial charge in [0.15, 0.2) is 0 Å². The summed E-state index contributed by atoms with van der Waals surface area (Å²) < 4.78 is 5.74. The molecule has 1 saturated heterocycles. The zero-order chi connectivity index (χ0) is 19.7. The Hall–Kier alpha value is -0.120. The molecule has 1 aliphatic carbocycles. The topological polar surface area (TPSA) is 15.7 Å². The molecule has 2 fully saturated rings. The Morgan fingerprint density at radius 2 is 1.62 bits per heavy atom. The van der Waals surface area contributed by atoms with E-state index in [2.05, 4.69) is 65.2 Å². The van der Waals surface area contributed by atoms with Crippen molar-refractivity contribution in [3.63, 3.8) is 0 Å². The lowest BCUT2D eigenvalue weighted by Crippen LogP contribution is -2.60. The van der Waals surface area contributed by atoms with Crippen molar-refractivity contribution in [3.8, 4) is 0 Å². The van der Waals surface area contributed by atoms with Gasteiger partial charge in [-0.2, -0.15) is 0 Å². The first-order valence-electron chi connectivity index (χ1n) is 11.3. The average molecular weight is 369 g/mol. The summed E-state index contributed by atoms with van der Waals surface area (Å²) in [5, 5.41) is 0. The molecule has 1 saturated carbocycles. The van der Waals surface area contributed by atoms with Crippen molar-refractivity contribution >= 4 is 0 Å². The fraction of sp³-hybridized carbons (Fsp3) is 1.00. The van der Waals surface area contributed by atoms with E-state index < -0.39 is 0 Å². The number of rotatable bonds is 6. The van der Waals surface area contributed by atoms with Crippen LogP contribution < -0.4 is 0 Å². The molecule has 26 heavy (non-hydrogen) atoms. The lowest BCUT2D eigenvalue weighted by Gasteiger charge is -2.48. The molecule has 0 aromatic heterocycles. The van der Waals surface area contributed by atoms with E-state index in [-0.39, 0.29) is 0 Å². The van der Waals surface area contributed by atoms with Gasteiger partial charge >= 0.3 is 0 Å². The molecular formula is C23H48N2O. The Kier molecular flexibility index (Phi) is 10.7. The summed E-state index contributed by atoms with van der Waals surface area (Å²) in [5.41, 5.74) is 0.359. The Balaban J connectivity index is 0.000000273. The zero-order valence-electron chi connectivity index (χ0n) is 19.2.